The molecule has 2 heterocycles. The van der Waals surface area contributed by atoms with Gasteiger partial charge in [0.25, 0.3) is 0 Å². The van der Waals surface area contributed by atoms with Crippen molar-refractivity contribution in [1.82, 2.24) is 14.5 Å². The number of fused-ring (bicyclic) bond motifs is 3. The summed E-state index contributed by atoms with van der Waals surface area (Å²) in [4.78, 5) is 17.5. The minimum atomic E-state index is -0.327. The Morgan fingerprint density at radius 1 is 1.09 bits per heavy atom. The van der Waals surface area contributed by atoms with Crippen LogP contribution in [0, 0.1) is 5.82 Å². The van der Waals surface area contributed by atoms with Gasteiger partial charge in [0.2, 0.25) is 0 Å². The Bertz CT molecular complexity index is 1400. The fraction of sp³-hybridized carbons (Fsp3) is 0.192. The van der Waals surface area contributed by atoms with Gasteiger partial charge in [-0.25, -0.2) is 9.18 Å². The van der Waals surface area contributed by atoms with Crippen LogP contribution in [0.25, 0.3) is 22.7 Å². The molecule has 5 nitrogen and oxygen atoms in total. The average molecular weight is 429 g/mol. The van der Waals surface area contributed by atoms with Crippen molar-refractivity contribution in [1.29, 1.82) is 0 Å². The third-order valence-electron chi connectivity index (χ3n) is 5.80. The van der Waals surface area contributed by atoms with Gasteiger partial charge in [0.1, 0.15) is 18.2 Å². The highest BCUT2D eigenvalue weighted by atomic mass is 19.1. The summed E-state index contributed by atoms with van der Waals surface area (Å²) in [5, 5.41) is 0. The van der Waals surface area contributed by atoms with Crippen LogP contribution in [0.5, 0.6) is 5.75 Å². The number of benzene rings is 3. The normalized spacial score (nSPS) is 14.3. The van der Waals surface area contributed by atoms with Gasteiger partial charge in [-0.2, -0.15) is 0 Å². The Hall–Kier alpha value is -3.64. The van der Waals surface area contributed by atoms with E-state index in [0.29, 0.717) is 18.9 Å². The van der Waals surface area contributed by atoms with Crippen LogP contribution in [0.1, 0.15) is 22.3 Å². The van der Waals surface area contributed by atoms with Crippen LogP contribution in [-0.4, -0.2) is 35.1 Å². The van der Waals surface area contributed by atoms with E-state index in [1.807, 2.05) is 50.5 Å². The number of hydrogen-bond donors (Lipinski definition) is 1. The second-order valence-corrected chi connectivity index (χ2v) is 8.31. The van der Waals surface area contributed by atoms with Gasteiger partial charge in [-0.05, 0) is 66.7 Å². The molecule has 0 fully saturated rings. The highest BCUT2D eigenvalue weighted by Gasteiger charge is 2.20. The molecule has 3 aromatic carbocycles. The maximum Gasteiger partial charge on any atom is 0.326 e. The van der Waals surface area contributed by atoms with Crippen molar-refractivity contribution >= 4 is 22.7 Å². The van der Waals surface area contributed by atoms with Gasteiger partial charge in [0.05, 0.1) is 11.0 Å². The lowest BCUT2D eigenvalue weighted by Crippen LogP contribution is -2.24. The third kappa shape index (κ3) is 3.74. The van der Waals surface area contributed by atoms with E-state index in [2.05, 4.69) is 22.0 Å². The molecule has 4 aromatic rings. The molecule has 0 spiro atoms. The average Bonchev–Trinajstić information content (AvgIpc) is 3.00. The van der Waals surface area contributed by atoms with Gasteiger partial charge in [0.15, 0.2) is 0 Å². The lowest BCUT2D eigenvalue weighted by atomic mass is 9.92. The maximum atomic E-state index is 13.9. The zero-order valence-electron chi connectivity index (χ0n) is 18.1. The molecule has 0 amide bonds. The quantitative estimate of drug-likeness (QED) is 0.519. The number of hydrogen-bond acceptors (Lipinski definition) is 3. The molecule has 0 atom stereocenters. The summed E-state index contributed by atoms with van der Waals surface area (Å²) in [5.74, 6) is 0.198. The number of nitrogens with zero attached hydrogens (tertiary/aromatic N) is 2. The van der Waals surface area contributed by atoms with Crippen LogP contribution in [0.4, 0.5) is 4.39 Å². The molecule has 6 heteroatoms. The summed E-state index contributed by atoms with van der Waals surface area (Å²) in [6.45, 7) is 1.78. The van der Waals surface area contributed by atoms with E-state index in [9.17, 15) is 9.18 Å². The van der Waals surface area contributed by atoms with Crippen LogP contribution >= 0.6 is 0 Å². The molecule has 5 rings (SSSR count). The van der Waals surface area contributed by atoms with Crippen LogP contribution in [0.15, 0.2) is 65.5 Å². The number of aromatic nitrogens is 2. The first-order chi connectivity index (χ1) is 15.5. The van der Waals surface area contributed by atoms with Gasteiger partial charge in [-0.15, -0.1) is 0 Å². The second kappa shape index (κ2) is 8.13. The maximum absolute atomic E-state index is 13.9. The molecule has 162 valence electrons. The van der Waals surface area contributed by atoms with Crippen LogP contribution in [0.2, 0.25) is 0 Å². The van der Waals surface area contributed by atoms with Crippen molar-refractivity contribution in [2.24, 2.45) is 0 Å². The molecule has 0 saturated heterocycles. The van der Waals surface area contributed by atoms with Crippen molar-refractivity contribution < 1.29 is 9.13 Å². The number of nitrogens with one attached hydrogen (secondary N) is 1. The molecular weight excluding hydrogens is 405 g/mol. The summed E-state index contributed by atoms with van der Waals surface area (Å²) in [5.41, 5.74) is 6.40. The summed E-state index contributed by atoms with van der Waals surface area (Å²) in [6, 6.07) is 18.7. The minimum absolute atomic E-state index is 0.110. The van der Waals surface area contributed by atoms with E-state index in [1.54, 1.807) is 10.6 Å². The first-order valence-corrected chi connectivity index (χ1v) is 10.6. The number of likely N-dealkylation sites (N-methyl/N-ethyl adjacent to an activating group) is 1. The number of ether oxygens (including phenoxy) is 1. The van der Waals surface area contributed by atoms with Gasteiger partial charge in [0, 0.05) is 24.7 Å². The first-order valence-electron chi connectivity index (χ1n) is 10.6. The zero-order valence-corrected chi connectivity index (χ0v) is 18.1. The summed E-state index contributed by atoms with van der Waals surface area (Å²) >= 11 is 0. The molecule has 1 aromatic heterocycles. The molecular formula is C26H24FN3O2. The van der Waals surface area contributed by atoms with Crippen LogP contribution in [0.3, 0.4) is 0 Å². The number of halogens is 1. The Morgan fingerprint density at radius 2 is 1.94 bits per heavy atom. The van der Waals surface area contributed by atoms with E-state index in [0.717, 1.165) is 45.4 Å². The molecule has 0 aliphatic carbocycles. The van der Waals surface area contributed by atoms with Gasteiger partial charge in [-0.1, -0.05) is 30.3 Å². The van der Waals surface area contributed by atoms with Gasteiger partial charge < -0.3 is 14.6 Å². The third-order valence-corrected chi connectivity index (χ3v) is 5.80. The monoisotopic (exact) mass is 429 g/mol. The molecule has 0 saturated carbocycles. The molecule has 32 heavy (non-hydrogen) atoms. The molecule has 0 bridgehead atoms. The molecule has 1 aliphatic heterocycles. The first kappa shape index (κ1) is 20.3. The number of aromatic amines is 1. The molecule has 1 N–H and O–H groups in total. The largest absolute Gasteiger partial charge is 0.488 e. The van der Waals surface area contributed by atoms with E-state index in [-0.39, 0.29) is 11.5 Å². The fourth-order valence-corrected chi connectivity index (χ4v) is 4.16. The smallest absolute Gasteiger partial charge is 0.326 e. The van der Waals surface area contributed by atoms with Crippen LogP contribution < -0.4 is 10.4 Å². The highest BCUT2D eigenvalue weighted by Crippen LogP contribution is 2.38. The molecule has 0 radical (unpaired) electrons. The van der Waals surface area contributed by atoms with E-state index >= 15 is 0 Å². The number of H-pyrrole nitrogens is 1. The Kier molecular flexibility index (Phi) is 5.15. The summed E-state index contributed by atoms with van der Waals surface area (Å²) in [7, 11) is 3.98. The SMILES string of the molecule is CN(C)CCn1c(=O)[nH]c2cc(C=C3c4ccccc4COc4cc(F)ccc43)ccc21. The predicted octanol–water partition coefficient (Wildman–Crippen LogP) is 4.51. The zero-order chi connectivity index (χ0) is 22.2. The summed E-state index contributed by atoms with van der Waals surface area (Å²) < 4.78 is 21.6. The van der Waals surface area contributed by atoms with Crippen molar-refractivity contribution in [2.45, 2.75) is 13.2 Å². The predicted molar refractivity (Wildman–Crippen MR) is 125 cm³/mol. The fourth-order valence-electron chi connectivity index (χ4n) is 4.16. The number of imidazole rings is 1. The Labute approximate surface area is 185 Å². The highest BCUT2D eigenvalue weighted by molar-refractivity contribution is 5.95. The van der Waals surface area contributed by atoms with E-state index < -0.39 is 0 Å². The van der Waals surface area contributed by atoms with Crippen molar-refractivity contribution in [3.05, 3.63) is 99.2 Å². The standard InChI is InChI=1S/C26H24FN3O2/c1-29(2)11-12-30-24-10-7-17(14-23(24)28-26(30)31)13-22-20-6-4-3-5-18(20)16-32-25-15-19(27)8-9-21(22)25/h3-10,13-15H,11-12,16H2,1-2H3,(H,28,31). The van der Waals surface area contributed by atoms with E-state index in [4.69, 9.17) is 4.74 Å². The van der Waals surface area contributed by atoms with Crippen molar-refractivity contribution in [3.8, 4) is 5.75 Å². The molecule has 0 unspecified atom stereocenters. The van der Waals surface area contributed by atoms with Crippen LogP contribution in [-0.2, 0) is 13.2 Å². The minimum Gasteiger partial charge on any atom is -0.488 e. The lowest BCUT2D eigenvalue weighted by Gasteiger charge is -2.11. The van der Waals surface area contributed by atoms with Crippen molar-refractivity contribution in [2.75, 3.05) is 20.6 Å². The molecule has 1 aliphatic rings. The van der Waals surface area contributed by atoms with Crippen molar-refractivity contribution in [3.63, 3.8) is 0 Å². The topological polar surface area (TPSA) is 50.3 Å². The van der Waals surface area contributed by atoms with Gasteiger partial charge >= 0.3 is 5.69 Å². The van der Waals surface area contributed by atoms with E-state index in [1.165, 1.54) is 12.1 Å². The lowest BCUT2D eigenvalue weighted by molar-refractivity contribution is 0.305. The Morgan fingerprint density at radius 3 is 2.78 bits per heavy atom. The summed E-state index contributed by atoms with van der Waals surface area (Å²) in [6.07, 6.45) is 2.07. The van der Waals surface area contributed by atoms with Gasteiger partial charge in [-0.3, -0.25) is 4.57 Å². The second-order valence-electron chi connectivity index (χ2n) is 8.31. The number of rotatable bonds is 4. The Balaban J connectivity index is 1.64.